The fourth-order valence-corrected chi connectivity index (χ4v) is 2.40. The van der Waals surface area contributed by atoms with Crippen molar-refractivity contribution in [2.24, 2.45) is 0 Å². The van der Waals surface area contributed by atoms with Gasteiger partial charge < -0.3 is 5.11 Å². The normalized spacial score (nSPS) is 15.6. The number of rotatable bonds is 3. The molecule has 2 N–H and O–H groups in total. The summed E-state index contributed by atoms with van der Waals surface area (Å²) in [6.45, 7) is 1.89. The van der Waals surface area contributed by atoms with Gasteiger partial charge >= 0.3 is 5.69 Å². The SMILES string of the molecule is Cc1ccc(N2NC(=O)/C(=C/c3cccc([N+](=O)[O-])c3O)C2=O)cc1. The maximum absolute atomic E-state index is 12.5. The molecule has 1 aliphatic heterocycles. The molecule has 0 atom stereocenters. The zero-order valence-corrected chi connectivity index (χ0v) is 13.1. The van der Waals surface area contributed by atoms with Gasteiger partial charge in [0.2, 0.25) is 5.75 Å². The van der Waals surface area contributed by atoms with Crippen molar-refractivity contribution in [2.75, 3.05) is 5.01 Å². The van der Waals surface area contributed by atoms with Crippen molar-refractivity contribution in [3.05, 3.63) is 69.3 Å². The second-order valence-electron chi connectivity index (χ2n) is 5.45. The quantitative estimate of drug-likeness (QED) is 0.385. The Hall–Kier alpha value is -3.68. The number of nitrogens with one attached hydrogen (secondary N) is 1. The molecule has 0 saturated carbocycles. The molecule has 0 spiro atoms. The fraction of sp³-hybridized carbons (Fsp3) is 0.0588. The molecule has 0 radical (unpaired) electrons. The Balaban J connectivity index is 1.98. The van der Waals surface area contributed by atoms with E-state index in [4.69, 9.17) is 0 Å². The van der Waals surface area contributed by atoms with Crippen LogP contribution in [-0.4, -0.2) is 21.8 Å². The zero-order valence-electron chi connectivity index (χ0n) is 13.1. The molecular formula is C17H13N3O5. The summed E-state index contributed by atoms with van der Waals surface area (Å²) in [6.07, 6.45) is 1.13. The van der Waals surface area contributed by atoms with Crippen LogP contribution in [0.2, 0.25) is 0 Å². The van der Waals surface area contributed by atoms with E-state index >= 15 is 0 Å². The lowest BCUT2D eigenvalue weighted by Crippen LogP contribution is -2.35. The van der Waals surface area contributed by atoms with Crippen molar-refractivity contribution < 1.29 is 19.6 Å². The van der Waals surface area contributed by atoms with Gasteiger partial charge in [0.15, 0.2) is 0 Å². The van der Waals surface area contributed by atoms with Gasteiger partial charge in [-0.2, -0.15) is 0 Å². The number of para-hydroxylation sites is 1. The molecule has 8 nitrogen and oxygen atoms in total. The number of phenolic OH excluding ortho intramolecular Hbond substituents is 1. The second-order valence-corrected chi connectivity index (χ2v) is 5.45. The summed E-state index contributed by atoms with van der Waals surface area (Å²) in [5.41, 5.74) is 3.19. The summed E-state index contributed by atoms with van der Waals surface area (Å²) < 4.78 is 0. The molecule has 2 aromatic rings. The highest BCUT2D eigenvalue weighted by molar-refractivity contribution is 6.31. The molecule has 2 aromatic carbocycles. The number of aromatic hydroxyl groups is 1. The summed E-state index contributed by atoms with van der Waals surface area (Å²) in [5.74, 6) is -1.87. The Kier molecular flexibility index (Phi) is 3.94. The van der Waals surface area contributed by atoms with Crippen molar-refractivity contribution in [3.8, 4) is 5.75 Å². The van der Waals surface area contributed by atoms with Crippen LogP contribution in [0, 0.1) is 17.0 Å². The first kappa shape index (κ1) is 16.2. The van der Waals surface area contributed by atoms with Crippen LogP contribution in [0.4, 0.5) is 11.4 Å². The van der Waals surface area contributed by atoms with Crippen LogP contribution in [0.15, 0.2) is 48.0 Å². The first-order valence-corrected chi connectivity index (χ1v) is 7.28. The van der Waals surface area contributed by atoms with E-state index in [9.17, 15) is 24.8 Å². The third-order valence-electron chi connectivity index (χ3n) is 3.73. The number of hydrogen-bond acceptors (Lipinski definition) is 5. The topological polar surface area (TPSA) is 113 Å². The molecule has 0 aromatic heterocycles. The monoisotopic (exact) mass is 339 g/mol. The molecule has 1 aliphatic rings. The van der Waals surface area contributed by atoms with E-state index in [2.05, 4.69) is 5.43 Å². The average Bonchev–Trinajstić information content (AvgIpc) is 2.85. The molecule has 0 bridgehead atoms. The average molecular weight is 339 g/mol. The van der Waals surface area contributed by atoms with E-state index in [1.165, 1.54) is 12.1 Å². The van der Waals surface area contributed by atoms with Gasteiger partial charge in [0, 0.05) is 11.6 Å². The summed E-state index contributed by atoms with van der Waals surface area (Å²) >= 11 is 0. The number of nitro benzene ring substituents is 1. The first-order valence-electron chi connectivity index (χ1n) is 7.28. The van der Waals surface area contributed by atoms with E-state index in [-0.39, 0.29) is 11.1 Å². The minimum atomic E-state index is -0.744. The van der Waals surface area contributed by atoms with Crippen LogP contribution in [0.3, 0.4) is 0 Å². The molecule has 1 heterocycles. The lowest BCUT2D eigenvalue weighted by molar-refractivity contribution is -0.385. The Morgan fingerprint density at radius 3 is 2.48 bits per heavy atom. The lowest BCUT2D eigenvalue weighted by atomic mass is 10.1. The number of benzene rings is 2. The number of nitrogens with zero attached hydrogens (tertiary/aromatic N) is 2. The number of nitro groups is 1. The smallest absolute Gasteiger partial charge is 0.311 e. The predicted octanol–water partition coefficient (Wildman–Crippen LogP) is 2.07. The highest BCUT2D eigenvalue weighted by Gasteiger charge is 2.34. The van der Waals surface area contributed by atoms with Crippen LogP contribution in [-0.2, 0) is 9.59 Å². The van der Waals surface area contributed by atoms with E-state index in [0.717, 1.165) is 22.7 Å². The molecule has 25 heavy (non-hydrogen) atoms. The van der Waals surface area contributed by atoms with Gasteiger partial charge in [0.1, 0.15) is 5.57 Å². The maximum Gasteiger partial charge on any atom is 0.311 e. The van der Waals surface area contributed by atoms with Gasteiger partial charge in [-0.15, -0.1) is 0 Å². The number of anilines is 1. The molecular weight excluding hydrogens is 326 g/mol. The molecule has 8 heteroatoms. The Bertz CT molecular complexity index is 918. The van der Waals surface area contributed by atoms with Crippen LogP contribution >= 0.6 is 0 Å². The number of carbonyl (C=O) groups excluding carboxylic acids is 2. The van der Waals surface area contributed by atoms with E-state index in [1.807, 2.05) is 6.92 Å². The second kappa shape index (κ2) is 6.08. The number of hydrazine groups is 1. The number of phenols is 1. The number of carbonyl (C=O) groups is 2. The standard InChI is InChI=1S/C17H13N3O5/c1-10-5-7-12(8-6-10)19-17(23)13(16(22)18-19)9-11-3-2-4-14(15(11)21)20(24)25/h2-9,21H,1H3,(H,18,22)/b13-9-. The number of amides is 2. The molecule has 0 aliphatic carbocycles. The van der Waals surface area contributed by atoms with Crippen molar-refractivity contribution in [1.82, 2.24) is 5.43 Å². The highest BCUT2D eigenvalue weighted by Crippen LogP contribution is 2.32. The summed E-state index contributed by atoms with van der Waals surface area (Å²) in [6, 6.07) is 10.8. The van der Waals surface area contributed by atoms with Gasteiger partial charge in [-0.3, -0.25) is 25.1 Å². The van der Waals surface area contributed by atoms with Crippen LogP contribution < -0.4 is 10.4 Å². The van der Waals surface area contributed by atoms with Crippen LogP contribution in [0.5, 0.6) is 5.75 Å². The molecule has 2 amide bonds. The van der Waals surface area contributed by atoms with Gasteiger partial charge in [0.05, 0.1) is 10.6 Å². The van der Waals surface area contributed by atoms with Gasteiger partial charge in [0.25, 0.3) is 11.8 Å². The largest absolute Gasteiger partial charge is 0.502 e. The van der Waals surface area contributed by atoms with E-state index in [0.29, 0.717) is 5.69 Å². The Morgan fingerprint density at radius 1 is 1.16 bits per heavy atom. The number of aryl methyl sites for hydroxylation is 1. The molecule has 1 saturated heterocycles. The summed E-state index contributed by atoms with van der Waals surface area (Å²) in [4.78, 5) is 34.7. The van der Waals surface area contributed by atoms with Crippen molar-refractivity contribution in [1.29, 1.82) is 0 Å². The van der Waals surface area contributed by atoms with E-state index in [1.54, 1.807) is 24.3 Å². The minimum Gasteiger partial charge on any atom is -0.502 e. The van der Waals surface area contributed by atoms with Gasteiger partial charge in [-0.1, -0.05) is 29.8 Å². The maximum atomic E-state index is 12.5. The lowest BCUT2D eigenvalue weighted by Gasteiger charge is -2.14. The summed E-state index contributed by atoms with van der Waals surface area (Å²) in [7, 11) is 0. The molecule has 1 fully saturated rings. The molecule has 3 rings (SSSR count). The van der Waals surface area contributed by atoms with Crippen LogP contribution in [0.25, 0.3) is 6.08 Å². The van der Waals surface area contributed by atoms with Crippen LogP contribution in [0.1, 0.15) is 11.1 Å². The Morgan fingerprint density at radius 2 is 1.84 bits per heavy atom. The van der Waals surface area contributed by atoms with Crippen molar-refractivity contribution in [3.63, 3.8) is 0 Å². The third kappa shape index (κ3) is 2.92. The fourth-order valence-electron chi connectivity index (χ4n) is 2.40. The van der Waals surface area contributed by atoms with Crippen molar-refractivity contribution >= 4 is 29.3 Å². The highest BCUT2D eigenvalue weighted by atomic mass is 16.6. The molecule has 0 unspecified atom stereocenters. The predicted molar refractivity (Wildman–Crippen MR) is 89.5 cm³/mol. The minimum absolute atomic E-state index is 0.0125. The van der Waals surface area contributed by atoms with Gasteiger partial charge in [-0.25, -0.2) is 5.01 Å². The third-order valence-corrected chi connectivity index (χ3v) is 3.73. The zero-order chi connectivity index (χ0) is 18.1. The van der Waals surface area contributed by atoms with Crippen molar-refractivity contribution in [2.45, 2.75) is 6.92 Å². The molecule has 126 valence electrons. The Labute approximate surface area is 142 Å². The summed E-state index contributed by atoms with van der Waals surface area (Å²) in [5, 5.41) is 21.9. The van der Waals surface area contributed by atoms with E-state index < -0.39 is 28.2 Å². The van der Waals surface area contributed by atoms with Gasteiger partial charge in [-0.05, 0) is 25.1 Å². The first-order chi connectivity index (χ1) is 11.9. The number of hydrogen-bond donors (Lipinski definition) is 2.